The quantitative estimate of drug-likeness (QED) is 0.108. The highest BCUT2D eigenvalue weighted by Gasteiger charge is 2.23. The molecule has 13 heteroatoms. The number of aromatic nitrogens is 3. The Morgan fingerprint density at radius 2 is 1.88 bits per heavy atom. The van der Waals surface area contributed by atoms with Crippen LogP contribution >= 0.6 is 47.8 Å². The molecule has 0 amide bonds. The van der Waals surface area contributed by atoms with Crippen LogP contribution in [-0.2, 0) is 0 Å². The topological polar surface area (TPSA) is 122 Å². The van der Waals surface area contributed by atoms with Crippen LogP contribution in [0.25, 0.3) is 10.9 Å². The molecule has 2 aromatic heterocycles. The molecule has 1 aliphatic rings. The normalized spacial score (nSPS) is 14.1. The monoisotopic (exact) mass is 733 g/mol. The van der Waals surface area contributed by atoms with E-state index in [2.05, 4.69) is 57.9 Å². The minimum atomic E-state index is -0.535. The lowest BCUT2D eigenvalue weighted by Gasteiger charge is -2.22. The van der Waals surface area contributed by atoms with Crippen LogP contribution in [0.5, 0.6) is 17.4 Å². The molecule has 0 atom stereocenters. The standard InChI is InChI=1S/C27H22Br3N5O5/c1-39-21-11-16(23(29)24(30)25(21)40-22-10-8-18(14-31-22)35(37)38)13-32-34-26(15-5-3-2-4-6-15)33-20-9-7-17(28)12-19(20)27(34)36/h7-15H,2-6H2,1H3. The van der Waals surface area contributed by atoms with Crippen molar-refractivity contribution in [3.63, 3.8) is 0 Å². The molecule has 1 saturated carbocycles. The molecule has 0 radical (unpaired) electrons. The van der Waals surface area contributed by atoms with Gasteiger partial charge >= 0.3 is 0 Å². The van der Waals surface area contributed by atoms with E-state index in [0.717, 1.165) is 36.4 Å². The molecule has 0 bridgehead atoms. The first-order valence-electron chi connectivity index (χ1n) is 12.4. The van der Waals surface area contributed by atoms with Crippen LogP contribution in [0, 0.1) is 10.1 Å². The van der Waals surface area contributed by atoms with Gasteiger partial charge in [-0.25, -0.2) is 9.97 Å². The van der Waals surface area contributed by atoms with Gasteiger partial charge in [0.25, 0.3) is 11.2 Å². The summed E-state index contributed by atoms with van der Waals surface area (Å²) in [7, 11) is 1.49. The minimum Gasteiger partial charge on any atom is -0.493 e. The number of fused-ring (bicyclic) bond motifs is 1. The van der Waals surface area contributed by atoms with Crippen molar-refractivity contribution in [1.82, 2.24) is 14.6 Å². The molecule has 0 spiro atoms. The molecular formula is C27H22Br3N5O5. The average molecular weight is 736 g/mol. The van der Waals surface area contributed by atoms with Gasteiger partial charge in [0, 0.05) is 32.6 Å². The summed E-state index contributed by atoms with van der Waals surface area (Å²) in [6, 6.07) is 9.89. The molecule has 206 valence electrons. The van der Waals surface area contributed by atoms with Crippen LogP contribution in [-0.4, -0.2) is 32.9 Å². The smallest absolute Gasteiger partial charge is 0.287 e. The molecule has 2 aromatic carbocycles. The van der Waals surface area contributed by atoms with E-state index in [1.165, 1.54) is 30.3 Å². The Bertz CT molecular complexity index is 1690. The van der Waals surface area contributed by atoms with Crippen LogP contribution in [0.1, 0.15) is 49.4 Å². The second-order valence-electron chi connectivity index (χ2n) is 9.17. The van der Waals surface area contributed by atoms with Crippen LogP contribution in [0.4, 0.5) is 5.69 Å². The molecule has 1 fully saturated rings. The Labute approximate surface area is 254 Å². The number of halogens is 3. The predicted octanol–water partition coefficient (Wildman–Crippen LogP) is 7.72. The molecule has 4 aromatic rings. The predicted molar refractivity (Wildman–Crippen MR) is 162 cm³/mol. The van der Waals surface area contributed by atoms with E-state index in [9.17, 15) is 14.9 Å². The van der Waals surface area contributed by atoms with Gasteiger partial charge in [-0.05, 0) is 69.0 Å². The summed E-state index contributed by atoms with van der Waals surface area (Å²) < 4.78 is 14.7. The number of benzene rings is 2. The number of methoxy groups -OCH3 is 1. The second-order valence-corrected chi connectivity index (χ2v) is 11.7. The Morgan fingerprint density at radius 3 is 2.55 bits per heavy atom. The number of hydrogen-bond donors (Lipinski definition) is 0. The van der Waals surface area contributed by atoms with Crippen molar-refractivity contribution in [2.45, 2.75) is 38.0 Å². The highest BCUT2D eigenvalue weighted by Crippen LogP contribution is 2.44. The maximum Gasteiger partial charge on any atom is 0.287 e. The zero-order chi connectivity index (χ0) is 28.4. The summed E-state index contributed by atoms with van der Waals surface area (Å²) in [5.41, 5.74) is 0.870. The van der Waals surface area contributed by atoms with Crippen LogP contribution in [0.2, 0.25) is 0 Å². The Kier molecular flexibility index (Phi) is 8.62. The first-order chi connectivity index (χ1) is 19.3. The van der Waals surface area contributed by atoms with Gasteiger partial charge < -0.3 is 9.47 Å². The lowest BCUT2D eigenvalue weighted by Crippen LogP contribution is -2.25. The van der Waals surface area contributed by atoms with Gasteiger partial charge in [-0.15, -0.1) is 0 Å². The van der Waals surface area contributed by atoms with E-state index in [1.807, 2.05) is 12.1 Å². The molecule has 1 aliphatic carbocycles. The van der Waals surface area contributed by atoms with Gasteiger partial charge in [0.2, 0.25) is 5.88 Å². The Hall–Kier alpha value is -3.16. The molecule has 2 heterocycles. The van der Waals surface area contributed by atoms with Crippen LogP contribution in [0.15, 0.2) is 65.9 Å². The zero-order valence-electron chi connectivity index (χ0n) is 21.1. The summed E-state index contributed by atoms with van der Waals surface area (Å²) in [4.78, 5) is 32.9. The molecule has 0 N–H and O–H groups in total. The Morgan fingerprint density at radius 1 is 1.10 bits per heavy atom. The van der Waals surface area contributed by atoms with Crippen molar-refractivity contribution >= 4 is 70.6 Å². The van der Waals surface area contributed by atoms with Gasteiger partial charge in [0.15, 0.2) is 11.5 Å². The highest BCUT2D eigenvalue weighted by molar-refractivity contribution is 9.13. The maximum atomic E-state index is 13.6. The fourth-order valence-electron chi connectivity index (χ4n) is 4.61. The largest absolute Gasteiger partial charge is 0.493 e. The summed E-state index contributed by atoms with van der Waals surface area (Å²) in [5.74, 6) is 1.61. The van der Waals surface area contributed by atoms with Crippen molar-refractivity contribution in [3.8, 4) is 17.4 Å². The number of pyridine rings is 1. The van der Waals surface area contributed by atoms with E-state index in [0.29, 0.717) is 42.7 Å². The van der Waals surface area contributed by atoms with E-state index >= 15 is 0 Å². The molecule has 0 aliphatic heterocycles. The van der Waals surface area contributed by atoms with Crippen LogP contribution in [0.3, 0.4) is 0 Å². The second kappa shape index (κ2) is 12.1. The van der Waals surface area contributed by atoms with Gasteiger partial charge in [-0.1, -0.05) is 35.2 Å². The lowest BCUT2D eigenvalue weighted by molar-refractivity contribution is -0.385. The molecule has 5 rings (SSSR count). The Balaban J connectivity index is 1.55. The maximum absolute atomic E-state index is 13.6. The molecule has 0 unspecified atom stereocenters. The van der Waals surface area contributed by atoms with Gasteiger partial charge in [0.1, 0.15) is 12.0 Å². The third-order valence-corrected chi connectivity index (χ3v) is 9.27. The first-order valence-corrected chi connectivity index (χ1v) is 14.8. The van der Waals surface area contributed by atoms with E-state index in [4.69, 9.17) is 14.5 Å². The van der Waals surface area contributed by atoms with Crippen molar-refractivity contribution < 1.29 is 14.4 Å². The number of nitro groups is 1. The van der Waals surface area contributed by atoms with E-state index in [1.54, 1.807) is 18.3 Å². The minimum absolute atomic E-state index is 0.140. The van der Waals surface area contributed by atoms with Gasteiger partial charge in [-0.2, -0.15) is 9.78 Å². The van der Waals surface area contributed by atoms with Crippen molar-refractivity contribution in [1.29, 1.82) is 0 Å². The third-order valence-electron chi connectivity index (χ3n) is 6.63. The zero-order valence-corrected chi connectivity index (χ0v) is 25.9. The average Bonchev–Trinajstić information content (AvgIpc) is 2.96. The fourth-order valence-corrected chi connectivity index (χ4v) is 5.88. The summed E-state index contributed by atoms with van der Waals surface area (Å²) in [5, 5.41) is 16.0. The first kappa shape index (κ1) is 28.4. The molecular weight excluding hydrogens is 714 g/mol. The summed E-state index contributed by atoms with van der Waals surface area (Å²) in [6.45, 7) is 0. The van der Waals surface area contributed by atoms with Gasteiger partial charge in [0.05, 0.1) is 33.6 Å². The van der Waals surface area contributed by atoms with Crippen molar-refractivity contribution in [2.75, 3.05) is 7.11 Å². The summed E-state index contributed by atoms with van der Waals surface area (Å²) >= 11 is 10.6. The fraction of sp³-hybridized carbons (Fsp3) is 0.259. The van der Waals surface area contributed by atoms with Crippen molar-refractivity contribution in [2.24, 2.45) is 5.10 Å². The van der Waals surface area contributed by atoms with Crippen molar-refractivity contribution in [3.05, 3.63) is 87.9 Å². The van der Waals surface area contributed by atoms with Gasteiger partial charge in [-0.3, -0.25) is 14.9 Å². The third kappa shape index (κ3) is 5.81. The van der Waals surface area contributed by atoms with Crippen LogP contribution < -0.4 is 15.0 Å². The molecule has 40 heavy (non-hydrogen) atoms. The SMILES string of the molecule is COc1cc(C=Nn2c(C3CCCCC3)nc3ccc(Br)cc3c2=O)c(Br)c(Br)c1Oc1ccc([N+](=O)[O-])cn1. The lowest BCUT2D eigenvalue weighted by atomic mass is 9.88. The van der Waals surface area contributed by atoms with E-state index < -0.39 is 4.92 Å². The number of ether oxygens (including phenoxy) is 2. The molecule has 10 nitrogen and oxygen atoms in total. The number of nitrogens with zero attached hydrogens (tertiary/aromatic N) is 5. The molecule has 0 saturated heterocycles. The number of hydrogen-bond acceptors (Lipinski definition) is 8. The highest BCUT2D eigenvalue weighted by atomic mass is 79.9. The summed E-state index contributed by atoms with van der Waals surface area (Å²) in [6.07, 6.45) is 7.95. The van der Waals surface area contributed by atoms with E-state index in [-0.39, 0.29) is 23.0 Å². The number of rotatable bonds is 7.